The molecule has 0 saturated carbocycles. The summed E-state index contributed by atoms with van der Waals surface area (Å²) in [5, 5.41) is 2.91. The van der Waals surface area contributed by atoms with Crippen molar-refractivity contribution < 1.29 is 22.8 Å². The van der Waals surface area contributed by atoms with Crippen molar-refractivity contribution in [3.05, 3.63) is 42.2 Å². The molecule has 1 aliphatic heterocycles. The van der Waals surface area contributed by atoms with Gasteiger partial charge in [0, 0.05) is 30.5 Å². The highest BCUT2D eigenvalue weighted by molar-refractivity contribution is 8.00. The molecule has 0 atom stereocenters. The van der Waals surface area contributed by atoms with Gasteiger partial charge in [-0.2, -0.15) is 13.2 Å². The number of aromatic nitrogens is 2. The molecule has 0 radical (unpaired) electrons. The quantitative estimate of drug-likeness (QED) is 0.507. The summed E-state index contributed by atoms with van der Waals surface area (Å²) in [5.74, 6) is 0.173. The van der Waals surface area contributed by atoms with E-state index in [0.717, 1.165) is 22.7 Å². The number of pyridine rings is 2. The average Bonchev–Trinajstić information content (AvgIpc) is 2.81. The number of hydrogen-bond donors (Lipinski definition) is 1. The van der Waals surface area contributed by atoms with Gasteiger partial charge < -0.3 is 10.2 Å². The van der Waals surface area contributed by atoms with E-state index < -0.39 is 23.0 Å². The van der Waals surface area contributed by atoms with Crippen molar-refractivity contribution >= 4 is 35.2 Å². The number of hydrogen-bond acceptors (Lipinski definition) is 6. The molecule has 0 unspecified atom stereocenters. The van der Waals surface area contributed by atoms with Crippen LogP contribution in [0.3, 0.4) is 0 Å². The summed E-state index contributed by atoms with van der Waals surface area (Å²) >= 11 is -0.361. The molecule has 1 saturated heterocycles. The Bertz CT molecular complexity index is 980. The fourth-order valence-corrected chi connectivity index (χ4v) is 3.62. The average molecular weight is 453 g/mol. The number of urea groups is 1. The largest absolute Gasteiger partial charge is 0.447 e. The normalized spacial score (nSPS) is 16.4. The standard InChI is InChI=1S/C20H22F3N5O2S/c1-12(2)26-15-9-13(7-8-24-15)11-27-18(30)28(17(29)19(27,3)4)14-5-6-16(25-10-14)31-20(21,22)23/h5-10,12H,11H2,1-4H3,(H,24,26). The molecule has 11 heteroatoms. The van der Waals surface area contributed by atoms with Crippen LogP contribution < -0.4 is 10.2 Å². The van der Waals surface area contributed by atoms with Crippen LogP contribution in [0.5, 0.6) is 0 Å². The van der Waals surface area contributed by atoms with Crippen molar-refractivity contribution in [2.75, 3.05) is 10.2 Å². The Morgan fingerprint density at radius 1 is 1.16 bits per heavy atom. The number of halogens is 3. The highest BCUT2D eigenvalue weighted by Gasteiger charge is 2.51. The zero-order valence-electron chi connectivity index (χ0n) is 17.4. The van der Waals surface area contributed by atoms with Crippen LogP contribution in [0, 0.1) is 0 Å². The first-order valence-electron chi connectivity index (χ1n) is 9.48. The summed E-state index contributed by atoms with van der Waals surface area (Å²) < 4.78 is 37.5. The minimum atomic E-state index is -4.47. The van der Waals surface area contributed by atoms with Gasteiger partial charge >= 0.3 is 11.5 Å². The molecule has 3 rings (SSSR count). The molecule has 2 aromatic heterocycles. The van der Waals surface area contributed by atoms with Gasteiger partial charge in [-0.15, -0.1) is 0 Å². The molecule has 166 valence electrons. The highest BCUT2D eigenvalue weighted by atomic mass is 32.2. The highest BCUT2D eigenvalue weighted by Crippen LogP contribution is 2.37. The Balaban J connectivity index is 1.83. The van der Waals surface area contributed by atoms with Crippen LogP contribution in [-0.4, -0.2) is 43.9 Å². The number of imide groups is 1. The lowest BCUT2D eigenvalue weighted by molar-refractivity contribution is -0.123. The molecule has 0 bridgehead atoms. The number of alkyl halides is 3. The van der Waals surface area contributed by atoms with Crippen LogP contribution in [0.15, 0.2) is 41.7 Å². The summed E-state index contributed by atoms with van der Waals surface area (Å²) in [7, 11) is 0. The number of nitrogens with zero attached hydrogens (tertiary/aromatic N) is 4. The molecular formula is C20H22F3N5O2S. The second-order valence-electron chi connectivity index (χ2n) is 7.82. The first-order valence-corrected chi connectivity index (χ1v) is 10.3. The third-order valence-electron chi connectivity index (χ3n) is 4.62. The van der Waals surface area contributed by atoms with Crippen molar-refractivity contribution in [2.45, 2.75) is 56.4 Å². The lowest BCUT2D eigenvalue weighted by Gasteiger charge is -2.27. The van der Waals surface area contributed by atoms with E-state index in [0.29, 0.717) is 5.82 Å². The summed E-state index contributed by atoms with van der Waals surface area (Å²) in [6.45, 7) is 7.37. The molecule has 3 amide bonds. The van der Waals surface area contributed by atoms with Gasteiger partial charge in [-0.25, -0.2) is 19.7 Å². The fraction of sp³-hybridized carbons (Fsp3) is 0.400. The monoisotopic (exact) mass is 453 g/mol. The third-order valence-corrected chi connectivity index (χ3v) is 5.31. The number of nitrogens with one attached hydrogen (secondary N) is 1. The molecule has 1 aliphatic rings. The molecule has 1 N–H and O–H groups in total. The van der Waals surface area contributed by atoms with Crippen LogP contribution in [0.2, 0.25) is 0 Å². The van der Waals surface area contributed by atoms with Crippen molar-refractivity contribution in [3.8, 4) is 0 Å². The van der Waals surface area contributed by atoms with Gasteiger partial charge in [0.2, 0.25) is 0 Å². The van der Waals surface area contributed by atoms with Crippen molar-refractivity contribution in [1.29, 1.82) is 0 Å². The Kier molecular flexibility index (Phi) is 6.17. The Morgan fingerprint density at radius 2 is 1.87 bits per heavy atom. The van der Waals surface area contributed by atoms with E-state index >= 15 is 0 Å². The third kappa shape index (κ3) is 5.09. The van der Waals surface area contributed by atoms with E-state index in [4.69, 9.17) is 0 Å². The molecule has 0 aromatic carbocycles. The SMILES string of the molecule is CC(C)Nc1cc(CN2C(=O)N(c3ccc(SC(F)(F)F)nc3)C(=O)C2(C)C)ccn1. The van der Waals surface area contributed by atoms with Crippen molar-refractivity contribution in [2.24, 2.45) is 0 Å². The minimum absolute atomic E-state index is 0.119. The van der Waals surface area contributed by atoms with E-state index in [2.05, 4.69) is 15.3 Å². The van der Waals surface area contributed by atoms with Gasteiger partial charge in [-0.3, -0.25) is 4.79 Å². The van der Waals surface area contributed by atoms with Gasteiger partial charge in [0.15, 0.2) is 0 Å². The van der Waals surface area contributed by atoms with Gasteiger partial charge in [-0.1, -0.05) is 0 Å². The van der Waals surface area contributed by atoms with E-state index in [-0.39, 0.29) is 35.1 Å². The second kappa shape index (κ2) is 8.37. The predicted octanol–water partition coefficient (Wildman–Crippen LogP) is 4.66. The molecule has 0 spiro atoms. The molecule has 31 heavy (non-hydrogen) atoms. The van der Waals surface area contributed by atoms with E-state index in [1.807, 2.05) is 13.8 Å². The van der Waals surface area contributed by atoms with Crippen LogP contribution in [0.4, 0.5) is 29.5 Å². The number of amides is 3. The molecule has 1 fully saturated rings. The van der Waals surface area contributed by atoms with E-state index in [9.17, 15) is 22.8 Å². The number of anilines is 2. The van der Waals surface area contributed by atoms with Gasteiger partial charge in [-0.05, 0) is 57.5 Å². The molecule has 7 nitrogen and oxygen atoms in total. The van der Waals surface area contributed by atoms with Gasteiger partial charge in [0.05, 0.1) is 11.9 Å². The van der Waals surface area contributed by atoms with Crippen LogP contribution in [0.1, 0.15) is 33.3 Å². The van der Waals surface area contributed by atoms with Crippen LogP contribution in [-0.2, 0) is 11.3 Å². The molecule has 2 aromatic rings. The zero-order valence-corrected chi connectivity index (χ0v) is 18.2. The van der Waals surface area contributed by atoms with Gasteiger partial charge in [0.25, 0.3) is 5.91 Å². The maximum Gasteiger partial charge on any atom is 0.447 e. The van der Waals surface area contributed by atoms with E-state index in [1.54, 1.807) is 32.2 Å². The summed E-state index contributed by atoms with van der Waals surface area (Å²) in [4.78, 5) is 36.4. The summed E-state index contributed by atoms with van der Waals surface area (Å²) in [6, 6.07) is 5.59. The Hall–Kier alpha value is -2.82. The van der Waals surface area contributed by atoms with Crippen LogP contribution in [0.25, 0.3) is 0 Å². The van der Waals surface area contributed by atoms with Gasteiger partial charge in [0.1, 0.15) is 16.4 Å². The molecule has 3 heterocycles. The zero-order chi connectivity index (χ0) is 23.0. The van der Waals surface area contributed by atoms with Crippen LogP contribution >= 0.6 is 11.8 Å². The number of carbonyl (C=O) groups is 2. The summed E-state index contributed by atoms with van der Waals surface area (Å²) in [5.41, 5.74) is -4.72. The lowest BCUT2D eigenvalue weighted by atomic mass is 10.0. The number of rotatable bonds is 6. The second-order valence-corrected chi connectivity index (χ2v) is 8.90. The number of thioether (sulfide) groups is 1. The maximum absolute atomic E-state index is 13.1. The maximum atomic E-state index is 13.1. The Morgan fingerprint density at radius 3 is 2.45 bits per heavy atom. The van der Waals surface area contributed by atoms with Crippen molar-refractivity contribution in [3.63, 3.8) is 0 Å². The number of carbonyl (C=O) groups excluding carboxylic acids is 2. The predicted molar refractivity (Wildman–Crippen MR) is 112 cm³/mol. The first kappa shape index (κ1) is 22.9. The van der Waals surface area contributed by atoms with E-state index in [1.165, 1.54) is 11.0 Å². The smallest absolute Gasteiger partial charge is 0.368 e. The topological polar surface area (TPSA) is 78.4 Å². The molecule has 0 aliphatic carbocycles. The fourth-order valence-electron chi connectivity index (χ4n) is 3.14. The molecular weight excluding hydrogens is 431 g/mol. The van der Waals surface area contributed by atoms with Crippen molar-refractivity contribution in [1.82, 2.24) is 14.9 Å². The lowest BCUT2D eigenvalue weighted by Crippen LogP contribution is -2.43. The first-order chi connectivity index (χ1) is 14.4. The minimum Gasteiger partial charge on any atom is -0.368 e. The Labute approximate surface area is 182 Å². The summed E-state index contributed by atoms with van der Waals surface area (Å²) in [6.07, 6.45) is 2.72.